The number of hydrogen-bond donors (Lipinski definition) is 2. The maximum absolute atomic E-state index is 12.9. The van der Waals surface area contributed by atoms with Gasteiger partial charge < -0.3 is 9.84 Å². The minimum absolute atomic E-state index is 0.0311. The van der Waals surface area contributed by atoms with Crippen LogP contribution in [0.25, 0.3) is 0 Å². The van der Waals surface area contributed by atoms with E-state index in [1.165, 1.54) is 61.9 Å². The first-order chi connectivity index (χ1) is 13.4. The fourth-order valence-corrected chi connectivity index (χ4v) is 3.45. The first-order valence-corrected chi connectivity index (χ1v) is 9.66. The van der Waals surface area contributed by atoms with Crippen molar-refractivity contribution in [2.45, 2.75) is 4.90 Å². The molecule has 0 atom stereocenters. The molecule has 0 saturated heterocycles. The predicted octanol–water partition coefficient (Wildman–Crippen LogP) is 4.09. The van der Waals surface area contributed by atoms with Crippen molar-refractivity contribution in [1.82, 2.24) is 0 Å². The van der Waals surface area contributed by atoms with E-state index in [0.29, 0.717) is 17.0 Å². The summed E-state index contributed by atoms with van der Waals surface area (Å²) in [5, 5.41) is 10.0. The summed E-state index contributed by atoms with van der Waals surface area (Å²) in [5.74, 6) is -0.152. The molecule has 6 nitrogen and oxygen atoms in total. The largest absolute Gasteiger partial charge is 0.504 e. The van der Waals surface area contributed by atoms with Crippen molar-refractivity contribution in [2.75, 3.05) is 11.8 Å². The number of anilines is 1. The number of para-hydroxylation sites is 1. The lowest BCUT2D eigenvalue weighted by molar-refractivity contribution is 0.373. The molecule has 0 spiro atoms. The van der Waals surface area contributed by atoms with Crippen LogP contribution >= 0.6 is 0 Å². The maximum atomic E-state index is 12.9. The number of methoxy groups -OCH3 is 1. The predicted molar refractivity (Wildman–Crippen MR) is 106 cm³/mol. The fourth-order valence-electron chi connectivity index (χ4n) is 2.40. The van der Waals surface area contributed by atoms with Crippen LogP contribution in [0.3, 0.4) is 0 Å². The zero-order valence-corrected chi connectivity index (χ0v) is 15.7. The van der Waals surface area contributed by atoms with Crippen molar-refractivity contribution in [2.24, 2.45) is 4.99 Å². The number of benzene rings is 3. The molecule has 0 aliphatic rings. The lowest BCUT2D eigenvalue weighted by Gasteiger charge is -2.08. The molecule has 0 heterocycles. The summed E-state index contributed by atoms with van der Waals surface area (Å²) in [6, 6.07) is 15.9. The van der Waals surface area contributed by atoms with E-state index in [0.717, 1.165) is 0 Å². The van der Waals surface area contributed by atoms with Crippen molar-refractivity contribution in [3.63, 3.8) is 0 Å². The summed E-state index contributed by atoms with van der Waals surface area (Å²) in [4.78, 5) is 4.27. The smallest absolute Gasteiger partial charge is 0.261 e. The Morgan fingerprint density at radius 1 is 1.04 bits per heavy atom. The van der Waals surface area contributed by atoms with Gasteiger partial charge in [-0.2, -0.15) is 0 Å². The number of aliphatic imine (C=N–C) groups is 1. The molecule has 0 fully saturated rings. The Hall–Kier alpha value is -3.39. The average Bonchev–Trinajstić information content (AvgIpc) is 2.69. The second kappa shape index (κ2) is 8.10. The van der Waals surface area contributed by atoms with Crippen molar-refractivity contribution >= 4 is 27.6 Å². The number of sulfonamides is 1. The SMILES string of the molecule is COc1cccc(C=Nc2ccc(S(=O)(=O)Nc3ccc(F)cc3)cc2)c1O. The molecular formula is C20H17FN2O4S. The van der Waals surface area contributed by atoms with Gasteiger partial charge in [0.2, 0.25) is 0 Å². The van der Waals surface area contributed by atoms with Gasteiger partial charge in [0.15, 0.2) is 11.5 Å². The first-order valence-electron chi connectivity index (χ1n) is 8.17. The Morgan fingerprint density at radius 2 is 1.71 bits per heavy atom. The third-order valence-corrected chi connectivity index (χ3v) is 5.24. The van der Waals surface area contributed by atoms with E-state index < -0.39 is 15.8 Å². The molecule has 0 radical (unpaired) electrons. The minimum atomic E-state index is -3.81. The highest BCUT2D eigenvalue weighted by atomic mass is 32.2. The molecule has 0 aliphatic heterocycles. The van der Waals surface area contributed by atoms with Gasteiger partial charge in [-0.15, -0.1) is 0 Å². The van der Waals surface area contributed by atoms with Gasteiger partial charge in [-0.25, -0.2) is 12.8 Å². The van der Waals surface area contributed by atoms with Gasteiger partial charge in [0, 0.05) is 17.5 Å². The van der Waals surface area contributed by atoms with Gasteiger partial charge >= 0.3 is 0 Å². The standard InChI is InChI=1S/C20H17FN2O4S/c1-27-19-4-2-3-14(20(19)24)13-22-16-9-11-18(12-10-16)28(25,26)23-17-7-5-15(21)6-8-17/h2-13,23-24H,1H3. The van der Waals surface area contributed by atoms with E-state index in [2.05, 4.69) is 9.71 Å². The number of halogens is 1. The number of nitrogens with one attached hydrogen (secondary N) is 1. The van der Waals surface area contributed by atoms with Crippen LogP contribution in [0.15, 0.2) is 76.6 Å². The van der Waals surface area contributed by atoms with Crippen LogP contribution in [-0.2, 0) is 10.0 Å². The summed E-state index contributed by atoms with van der Waals surface area (Å²) in [7, 11) is -2.35. The maximum Gasteiger partial charge on any atom is 0.261 e. The zero-order valence-electron chi connectivity index (χ0n) is 14.8. The molecule has 0 aromatic heterocycles. The van der Waals surface area contributed by atoms with Gasteiger partial charge in [-0.1, -0.05) is 6.07 Å². The summed E-state index contributed by atoms with van der Waals surface area (Å²) in [6.45, 7) is 0. The van der Waals surface area contributed by atoms with E-state index >= 15 is 0 Å². The number of phenols is 1. The van der Waals surface area contributed by atoms with Gasteiger partial charge in [0.1, 0.15) is 5.82 Å². The topological polar surface area (TPSA) is 88.0 Å². The fraction of sp³-hybridized carbons (Fsp3) is 0.0500. The highest BCUT2D eigenvalue weighted by molar-refractivity contribution is 7.92. The quantitative estimate of drug-likeness (QED) is 0.610. The van der Waals surface area contributed by atoms with Gasteiger partial charge in [-0.05, 0) is 60.7 Å². The molecule has 0 aliphatic carbocycles. The number of aromatic hydroxyl groups is 1. The lowest BCUT2D eigenvalue weighted by Crippen LogP contribution is -2.12. The second-order valence-corrected chi connectivity index (χ2v) is 7.45. The molecule has 3 aromatic rings. The van der Waals surface area contributed by atoms with Crippen LogP contribution in [0, 0.1) is 5.82 Å². The molecule has 0 bridgehead atoms. The molecule has 144 valence electrons. The van der Waals surface area contributed by atoms with E-state index in [1.54, 1.807) is 18.2 Å². The van der Waals surface area contributed by atoms with E-state index in [1.807, 2.05) is 0 Å². The normalized spacial score (nSPS) is 11.5. The van der Waals surface area contributed by atoms with E-state index in [4.69, 9.17) is 4.74 Å². The second-order valence-electron chi connectivity index (χ2n) is 5.76. The molecule has 3 aromatic carbocycles. The van der Waals surface area contributed by atoms with Crippen molar-refractivity contribution in [1.29, 1.82) is 0 Å². The Labute approximate surface area is 162 Å². The Balaban J connectivity index is 1.77. The number of phenolic OH excluding ortho intramolecular Hbond substituents is 1. The van der Waals surface area contributed by atoms with Gasteiger partial charge in [0.05, 0.1) is 17.7 Å². The van der Waals surface area contributed by atoms with Crippen LogP contribution in [0.2, 0.25) is 0 Å². The molecule has 0 saturated carbocycles. The number of rotatable bonds is 6. The van der Waals surface area contributed by atoms with Gasteiger partial charge in [0.25, 0.3) is 10.0 Å². The van der Waals surface area contributed by atoms with Crippen LogP contribution in [0.4, 0.5) is 15.8 Å². The third-order valence-electron chi connectivity index (χ3n) is 3.85. The first kappa shape index (κ1) is 19.4. The zero-order chi connectivity index (χ0) is 20.1. The molecule has 28 heavy (non-hydrogen) atoms. The van der Waals surface area contributed by atoms with Crippen molar-refractivity contribution < 1.29 is 22.7 Å². The molecular weight excluding hydrogens is 383 g/mol. The van der Waals surface area contributed by atoms with Crippen molar-refractivity contribution in [3.05, 3.63) is 78.1 Å². The summed E-state index contributed by atoms with van der Waals surface area (Å²) < 4.78 is 45.2. The molecule has 0 amide bonds. The van der Waals surface area contributed by atoms with Crippen LogP contribution in [0.5, 0.6) is 11.5 Å². The Bertz CT molecular complexity index is 1100. The van der Waals surface area contributed by atoms with E-state index in [-0.39, 0.29) is 16.3 Å². The number of ether oxygens (including phenoxy) is 1. The number of nitrogens with zero attached hydrogens (tertiary/aromatic N) is 1. The minimum Gasteiger partial charge on any atom is -0.504 e. The number of hydrogen-bond acceptors (Lipinski definition) is 5. The lowest BCUT2D eigenvalue weighted by atomic mass is 10.2. The van der Waals surface area contributed by atoms with Crippen LogP contribution in [0.1, 0.15) is 5.56 Å². The molecule has 2 N–H and O–H groups in total. The van der Waals surface area contributed by atoms with Crippen molar-refractivity contribution in [3.8, 4) is 11.5 Å². The van der Waals surface area contributed by atoms with Crippen LogP contribution in [-0.4, -0.2) is 26.8 Å². The Kier molecular flexibility index (Phi) is 5.60. The van der Waals surface area contributed by atoms with E-state index in [9.17, 15) is 17.9 Å². The molecule has 3 rings (SSSR count). The molecule has 0 unspecified atom stereocenters. The van der Waals surface area contributed by atoms with Crippen LogP contribution < -0.4 is 9.46 Å². The Morgan fingerprint density at radius 3 is 2.36 bits per heavy atom. The average molecular weight is 400 g/mol. The molecule has 8 heteroatoms. The highest BCUT2D eigenvalue weighted by Crippen LogP contribution is 2.28. The third kappa shape index (κ3) is 4.47. The van der Waals surface area contributed by atoms with Gasteiger partial charge in [-0.3, -0.25) is 9.71 Å². The summed E-state index contributed by atoms with van der Waals surface area (Å²) >= 11 is 0. The highest BCUT2D eigenvalue weighted by Gasteiger charge is 2.14. The monoisotopic (exact) mass is 400 g/mol. The summed E-state index contributed by atoms with van der Waals surface area (Å²) in [6.07, 6.45) is 1.46. The summed E-state index contributed by atoms with van der Waals surface area (Å²) in [5.41, 5.74) is 1.23.